The van der Waals surface area contributed by atoms with Crippen molar-refractivity contribution in [2.45, 2.75) is 45.7 Å². The molecule has 0 saturated heterocycles. The van der Waals surface area contributed by atoms with Crippen LogP contribution < -0.4 is 10.1 Å². The third kappa shape index (κ3) is 3.53. The summed E-state index contributed by atoms with van der Waals surface area (Å²) in [6.45, 7) is 8.82. The van der Waals surface area contributed by atoms with Crippen LogP contribution in [0, 0.1) is 0 Å². The lowest BCUT2D eigenvalue weighted by atomic mass is 9.94. The van der Waals surface area contributed by atoms with E-state index in [9.17, 15) is 0 Å². The number of nitrogens with one attached hydrogen (secondary N) is 1. The molecular formula is C14H23NO. The normalized spacial score (nSPS) is 14.9. The van der Waals surface area contributed by atoms with Gasteiger partial charge in [-0.05, 0) is 30.5 Å². The van der Waals surface area contributed by atoms with Gasteiger partial charge in [-0.25, -0.2) is 0 Å². The molecule has 2 nitrogen and oxygen atoms in total. The van der Waals surface area contributed by atoms with Gasteiger partial charge < -0.3 is 10.1 Å². The molecular weight excluding hydrogens is 198 g/mol. The molecule has 1 rings (SSSR count). The molecule has 1 aromatic rings. The van der Waals surface area contributed by atoms with Crippen molar-refractivity contribution in [3.63, 3.8) is 0 Å². The van der Waals surface area contributed by atoms with Gasteiger partial charge in [0.2, 0.25) is 0 Å². The van der Waals surface area contributed by atoms with Crippen LogP contribution in [0.1, 0.15) is 39.2 Å². The lowest BCUT2D eigenvalue weighted by molar-refractivity contribution is 0.410. The molecule has 0 saturated carbocycles. The largest absolute Gasteiger partial charge is 0.497 e. The topological polar surface area (TPSA) is 21.3 Å². The van der Waals surface area contributed by atoms with E-state index in [0.29, 0.717) is 18.0 Å². The van der Waals surface area contributed by atoms with Crippen LogP contribution in [0.5, 0.6) is 5.75 Å². The van der Waals surface area contributed by atoms with E-state index in [1.807, 2.05) is 12.1 Å². The van der Waals surface area contributed by atoms with Crippen LogP contribution in [0.25, 0.3) is 0 Å². The van der Waals surface area contributed by atoms with Gasteiger partial charge >= 0.3 is 0 Å². The van der Waals surface area contributed by atoms with E-state index in [1.54, 1.807) is 7.11 Å². The summed E-state index contributed by atoms with van der Waals surface area (Å²) in [6, 6.07) is 9.29. The molecule has 2 atom stereocenters. The summed E-state index contributed by atoms with van der Waals surface area (Å²) in [7, 11) is 1.71. The Hall–Kier alpha value is -1.02. The van der Waals surface area contributed by atoms with Crippen LogP contribution >= 0.6 is 0 Å². The Bertz CT molecular complexity index is 322. The zero-order valence-electron chi connectivity index (χ0n) is 10.9. The first kappa shape index (κ1) is 13.0. The van der Waals surface area contributed by atoms with E-state index in [0.717, 1.165) is 5.75 Å². The minimum absolute atomic E-state index is 0.465. The van der Waals surface area contributed by atoms with Crippen LogP contribution in [0.15, 0.2) is 24.3 Å². The minimum Gasteiger partial charge on any atom is -0.497 e. The molecule has 0 spiro atoms. The molecule has 0 aliphatic carbocycles. The summed E-state index contributed by atoms with van der Waals surface area (Å²) in [5.74, 6) is 1.42. The smallest absolute Gasteiger partial charge is 0.119 e. The molecule has 0 aromatic heterocycles. The maximum absolute atomic E-state index is 5.25. The van der Waals surface area contributed by atoms with Crippen molar-refractivity contribution in [1.82, 2.24) is 5.32 Å². The van der Waals surface area contributed by atoms with Gasteiger partial charge in [0.1, 0.15) is 5.75 Å². The highest BCUT2D eigenvalue weighted by molar-refractivity contribution is 5.31. The first-order valence-corrected chi connectivity index (χ1v) is 5.94. The highest BCUT2D eigenvalue weighted by Gasteiger charge is 2.15. The van der Waals surface area contributed by atoms with E-state index in [2.05, 4.69) is 45.1 Å². The quantitative estimate of drug-likeness (QED) is 0.824. The number of methoxy groups -OCH3 is 1. The van der Waals surface area contributed by atoms with Gasteiger partial charge in [-0.15, -0.1) is 0 Å². The van der Waals surface area contributed by atoms with Crippen molar-refractivity contribution in [3.05, 3.63) is 29.8 Å². The fraction of sp³-hybridized carbons (Fsp3) is 0.571. The Labute approximate surface area is 99.0 Å². The molecule has 0 amide bonds. The van der Waals surface area contributed by atoms with Gasteiger partial charge in [0.15, 0.2) is 0 Å². The van der Waals surface area contributed by atoms with Gasteiger partial charge in [-0.3, -0.25) is 0 Å². The average Bonchev–Trinajstić information content (AvgIpc) is 2.27. The zero-order valence-corrected chi connectivity index (χ0v) is 10.9. The Kier molecular flexibility index (Phi) is 4.81. The number of ether oxygens (including phenoxy) is 1. The predicted octanol–water partition coefficient (Wildman–Crippen LogP) is 3.19. The van der Waals surface area contributed by atoms with Crippen LogP contribution in [-0.2, 0) is 0 Å². The molecule has 16 heavy (non-hydrogen) atoms. The van der Waals surface area contributed by atoms with Crippen LogP contribution in [0.4, 0.5) is 0 Å². The molecule has 1 N–H and O–H groups in total. The number of benzene rings is 1. The molecule has 2 heteroatoms. The van der Waals surface area contributed by atoms with Gasteiger partial charge in [0.05, 0.1) is 7.11 Å². The monoisotopic (exact) mass is 221 g/mol. The van der Waals surface area contributed by atoms with Gasteiger partial charge in [0.25, 0.3) is 0 Å². The maximum Gasteiger partial charge on any atom is 0.119 e. The minimum atomic E-state index is 0.465. The Balaban J connectivity index is 2.74. The highest BCUT2D eigenvalue weighted by Crippen LogP contribution is 2.23. The molecule has 0 fully saturated rings. The Morgan fingerprint density at radius 2 is 1.81 bits per heavy atom. The second kappa shape index (κ2) is 5.90. The lowest BCUT2D eigenvalue weighted by Crippen LogP contribution is -2.36. The Morgan fingerprint density at radius 1 is 1.12 bits per heavy atom. The molecule has 1 aromatic carbocycles. The third-order valence-corrected chi connectivity index (χ3v) is 2.97. The van der Waals surface area contributed by atoms with Crippen molar-refractivity contribution in [2.24, 2.45) is 0 Å². The third-order valence-electron chi connectivity index (χ3n) is 2.97. The summed E-state index contributed by atoms with van der Waals surface area (Å²) in [5.41, 5.74) is 1.32. The first-order valence-electron chi connectivity index (χ1n) is 5.94. The summed E-state index contributed by atoms with van der Waals surface area (Å²) in [6.07, 6.45) is 0. The van der Waals surface area contributed by atoms with Crippen LogP contribution in [0.3, 0.4) is 0 Å². The zero-order chi connectivity index (χ0) is 12.1. The van der Waals surface area contributed by atoms with E-state index in [-0.39, 0.29) is 0 Å². The van der Waals surface area contributed by atoms with Crippen molar-refractivity contribution in [3.8, 4) is 5.75 Å². The van der Waals surface area contributed by atoms with Crippen molar-refractivity contribution in [2.75, 3.05) is 7.11 Å². The second-order valence-electron chi connectivity index (χ2n) is 4.68. The van der Waals surface area contributed by atoms with Crippen molar-refractivity contribution in [1.29, 1.82) is 0 Å². The summed E-state index contributed by atoms with van der Waals surface area (Å²) < 4.78 is 5.25. The number of rotatable bonds is 5. The van der Waals surface area contributed by atoms with Gasteiger partial charge in [-0.2, -0.15) is 0 Å². The fourth-order valence-electron chi connectivity index (χ4n) is 1.88. The number of hydrogen-bond acceptors (Lipinski definition) is 2. The van der Waals surface area contributed by atoms with Gasteiger partial charge in [0, 0.05) is 12.1 Å². The van der Waals surface area contributed by atoms with Crippen LogP contribution in [-0.4, -0.2) is 19.2 Å². The average molecular weight is 221 g/mol. The standard InChI is InChI=1S/C14H23NO/c1-10(2)15-12(4)11(3)13-7-6-8-14(9-13)16-5/h6-12,15H,1-5H3. The second-order valence-corrected chi connectivity index (χ2v) is 4.68. The van der Waals surface area contributed by atoms with E-state index in [1.165, 1.54) is 5.56 Å². The summed E-state index contributed by atoms with van der Waals surface area (Å²) >= 11 is 0. The van der Waals surface area contributed by atoms with E-state index < -0.39 is 0 Å². The van der Waals surface area contributed by atoms with Crippen molar-refractivity contribution < 1.29 is 4.74 Å². The van der Waals surface area contributed by atoms with Gasteiger partial charge in [-0.1, -0.05) is 32.9 Å². The molecule has 0 radical (unpaired) electrons. The summed E-state index contributed by atoms with van der Waals surface area (Å²) in [4.78, 5) is 0. The fourth-order valence-corrected chi connectivity index (χ4v) is 1.88. The first-order chi connectivity index (χ1) is 7.54. The molecule has 0 aliphatic rings. The molecule has 0 aliphatic heterocycles. The SMILES string of the molecule is COc1cccc(C(C)C(C)NC(C)C)c1. The molecule has 2 unspecified atom stereocenters. The molecule has 0 bridgehead atoms. The highest BCUT2D eigenvalue weighted by atomic mass is 16.5. The van der Waals surface area contributed by atoms with E-state index >= 15 is 0 Å². The molecule has 90 valence electrons. The maximum atomic E-state index is 5.25. The predicted molar refractivity (Wildman–Crippen MR) is 69.1 cm³/mol. The lowest BCUT2D eigenvalue weighted by Gasteiger charge is -2.24. The van der Waals surface area contributed by atoms with Crippen LogP contribution in [0.2, 0.25) is 0 Å². The molecule has 0 heterocycles. The van der Waals surface area contributed by atoms with Crippen molar-refractivity contribution >= 4 is 0 Å². The van der Waals surface area contributed by atoms with E-state index in [4.69, 9.17) is 4.74 Å². The Morgan fingerprint density at radius 3 is 2.38 bits per heavy atom. The number of hydrogen-bond donors (Lipinski definition) is 1. The summed E-state index contributed by atoms with van der Waals surface area (Å²) in [5, 5.41) is 3.54.